The highest BCUT2D eigenvalue weighted by Gasteiger charge is 2.08. The maximum Gasteiger partial charge on any atom is 0.244 e. The van der Waals surface area contributed by atoms with Crippen molar-refractivity contribution in [2.75, 3.05) is 0 Å². The van der Waals surface area contributed by atoms with E-state index in [0.29, 0.717) is 18.1 Å². The minimum Gasteiger partial charge on any atom is -0.471 e. The van der Waals surface area contributed by atoms with Crippen LogP contribution in [0.4, 0.5) is 0 Å². The Morgan fingerprint density at radius 3 is 2.94 bits per heavy atom. The van der Waals surface area contributed by atoms with Crippen LogP contribution in [-0.4, -0.2) is 15.2 Å². The van der Waals surface area contributed by atoms with Crippen LogP contribution in [0.25, 0.3) is 0 Å². The summed E-state index contributed by atoms with van der Waals surface area (Å²) in [5.41, 5.74) is 7.19. The van der Waals surface area contributed by atoms with Crippen LogP contribution in [0.1, 0.15) is 11.1 Å². The lowest BCUT2D eigenvalue weighted by Crippen LogP contribution is -2.13. The van der Waals surface area contributed by atoms with Gasteiger partial charge in [0.1, 0.15) is 11.6 Å². The van der Waals surface area contributed by atoms with Crippen molar-refractivity contribution in [3.05, 3.63) is 52.1 Å². The molecule has 2 rings (SSSR count). The average molecular weight is 324 g/mol. The lowest BCUT2D eigenvalue weighted by atomic mass is 10.2. The Balaban J connectivity index is 2.13. The van der Waals surface area contributed by atoms with Crippen LogP contribution in [0.5, 0.6) is 5.88 Å². The van der Waals surface area contributed by atoms with Crippen LogP contribution in [0.2, 0.25) is 0 Å². The molecule has 1 heterocycles. The highest BCUT2D eigenvalue weighted by atomic mass is 79.9. The quantitative estimate of drug-likeness (QED) is 0.876. The second-order valence-electron chi connectivity index (χ2n) is 3.53. The zero-order valence-electron chi connectivity index (χ0n) is 9.34. The molecule has 0 radical (unpaired) electrons. The molecular weight excluding hydrogens is 314 g/mol. The Labute approximate surface area is 118 Å². The molecule has 4 nitrogen and oxygen atoms in total. The molecule has 0 amide bonds. The van der Waals surface area contributed by atoms with E-state index in [1.807, 2.05) is 24.3 Å². The van der Waals surface area contributed by atoms with Gasteiger partial charge in [-0.15, -0.1) is 5.10 Å². The van der Waals surface area contributed by atoms with Gasteiger partial charge in [0.05, 0.1) is 11.8 Å². The van der Waals surface area contributed by atoms with Crippen LogP contribution in [0.15, 0.2) is 41.0 Å². The molecule has 0 aliphatic heterocycles. The van der Waals surface area contributed by atoms with Crippen molar-refractivity contribution in [1.29, 1.82) is 0 Å². The van der Waals surface area contributed by atoms with Gasteiger partial charge in [0.25, 0.3) is 0 Å². The minimum absolute atomic E-state index is 0.245. The third-order valence-electron chi connectivity index (χ3n) is 2.22. The molecule has 18 heavy (non-hydrogen) atoms. The summed E-state index contributed by atoms with van der Waals surface area (Å²) in [7, 11) is 0. The van der Waals surface area contributed by atoms with Crippen molar-refractivity contribution in [3.8, 4) is 5.88 Å². The highest BCUT2D eigenvalue weighted by molar-refractivity contribution is 9.10. The fraction of sp³-hybridized carbons (Fsp3) is 0.0833. The number of hydrogen-bond donors (Lipinski definition) is 1. The van der Waals surface area contributed by atoms with Crippen LogP contribution < -0.4 is 10.5 Å². The number of aromatic nitrogens is 2. The summed E-state index contributed by atoms with van der Waals surface area (Å²) in [5, 5.41) is 7.64. The molecule has 1 aromatic carbocycles. The first-order valence-electron chi connectivity index (χ1n) is 5.15. The van der Waals surface area contributed by atoms with Crippen molar-refractivity contribution in [2.45, 2.75) is 6.61 Å². The van der Waals surface area contributed by atoms with Crippen LogP contribution in [0, 0.1) is 0 Å². The molecule has 0 aliphatic rings. The summed E-state index contributed by atoms with van der Waals surface area (Å²) in [6.45, 7) is 0.383. The van der Waals surface area contributed by atoms with Gasteiger partial charge >= 0.3 is 0 Å². The molecule has 2 aromatic rings. The Morgan fingerprint density at radius 2 is 2.22 bits per heavy atom. The number of ether oxygens (including phenoxy) is 1. The van der Waals surface area contributed by atoms with E-state index in [4.69, 9.17) is 22.7 Å². The van der Waals surface area contributed by atoms with Gasteiger partial charge in [0.15, 0.2) is 0 Å². The number of thiocarbonyl (C=S) groups is 1. The molecule has 6 heteroatoms. The van der Waals surface area contributed by atoms with E-state index in [9.17, 15) is 0 Å². The summed E-state index contributed by atoms with van der Waals surface area (Å²) < 4.78 is 6.58. The summed E-state index contributed by atoms with van der Waals surface area (Å²) in [6, 6.07) is 9.50. The summed E-state index contributed by atoms with van der Waals surface area (Å²) in [5.74, 6) is 0.352. The van der Waals surface area contributed by atoms with Gasteiger partial charge in [0.2, 0.25) is 5.88 Å². The van der Waals surface area contributed by atoms with Gasteiger partial charge in [-0.3, -0.25) is 0 Å². The maximum atomic E-state index is 5.58. The molecule has 0 saturated carbocycles. The van der Waals surface area contributed by atoms with E-state index in [1.165, 1.54) is 6.20 Å². The Morgan fingerprint density at radius 1 is 1.39 bits per heavy atom. The lowest BCUT2D eigenvalue weighted by molar-refractivity contribution is 0.289. The van der Waals surface area contributed by atoms with E-state index >= 15 is 0 Å². The highest BCUT2D eigenvalue weighted by Crippen LogP contribution is 2.16. The summed E-state index contributed by atoms with van der Waals surface area (Å²) in [6.07, 6.45) is 1.53. The van der Waals surface area contributed by atoms with Crippen molar-refractivity contribution in [2.24, 2.45) is 5.73 Å². The van der Waals surface area contributed by atoms with Crippen molar-refractivity contribution < 1.29 is 4.74 Å². The first kappa shape index (κ1) is 12.9. The van der Waals surface area contributed by atoms with E-state index < -0.39 is 0 Å². The molecule has 0 atom stereocenters. The van der Waals surface area contributed by atoms with Gasteiger partial charge < -0.3 is 10.5 Å². The van der Waals surface area contributed by atoms with E-state index in [2.05, 4.69) is 26.1 Å². The number of rotatable bonds is 4. The molecule has 1 aromatic heterocycles. The number of nitrogens with two attached hydrogens (primary N) is 1. The van der Waals surface area contributed by atoms with Crippen LogP contribution in [0.3, 0.4) is 0 Å². The predicted molar refractivity (Wildman–Crippen MR) is 76.4 cm³/mol. The largest absolute Gasteiger partial charge is 0.471 e. The predicted octanol–water partition coefficient (Wildman–Crippen LogP) is 2.45. The zero-order chi connectivity index (χ0) is 13.0. The second-order valence-corrected chi connectivity index (χ2v) is 4.89. The van der Waals surface area contributed by atoms with Crippen LogP contribution >= 0.6 is 28.1 Å². The number of halogens is 1. The third-order valence-corrected chi connectivity index (χ3v) is 2.93. The molecular formula is C12H10BrN3OS. The van der Waals surface area contributed by atoms with Crippen LogP contribution in [-0.2, 0) is 6.61 Å². The molecule has 0 saturated heterocycles. The van der Waals surface area contributed by atoms with E-state index in [0.717, 1.165) is 10.0 Å². The van der Waals surface area contributed by atoms with Gasteiger partial charge in [-0.1, -0.05) is 40.3 Å². The number of benzene rings is 1. The minimum atomic E-state index is 0.245. The maximum absolute atomic E-state index is 5.58. The number of nitrogens with zero attached hydrogens (tertiary/aromatic N) is 2. The third kappa shape index (κ3) is 3.24. The van der Waals surface area contributed by atoms with Gasteiger partial charge in [-0.25, -0.2) is 0 Å². The Kier molecular flexibility index (Phi) is 4.22. The normalized spacial score (nSPS) is 10.1. The molecule has 2 N–H and O–H groups in total. The number of hydrogen-bond acceptors (Lipinski definition) is 4. The molecule has 0 spiro atoms. The molecule has 0 bridgehead atoms. The zero-order valence-corrected chi connectivity index (χ0v) is 11.7. The fourth-order valence-corrected chi connectivity index (χ4v) is 1.99. The topological polar surface area (TPSA) is 61.0 Å². The van der Waals surface area contributed by atoms with Crippen molar-refractivity contribution in [1.82, 2.24) is 10.2 Å². The Bertz CT molecular complexity index is 577. The fourth-order valence-electron chi connectivity index (χ4n) is 1.39. The second kappa shape index (κ2) is 5.88. The first-order valence-corrected chi connectivity index (χ1v) is 6.35. The monoisotopic (exact) mass is 323 g/mol. The van der Waals surface area contributed by atoms with Gasteiger partial charge in [0, 0.05) is 4.47 Å². The van der Waals surface area contributed by atoms with E-state index in [1.54, 1.807) is 6.07 Å². The lowest BCUT2D eigenvalue weighted by Gasteiger charge is -2.08. The first-order chi connectivity index (χ1) is 8.66. The molecule has 0 aliphatic carbocycles. The average Bonchev–Trinajstić information content (AvgIpc) is 2.37. The SMILES string of the molecule is NC(=S)c1ccnnc1OCc1cccc(Br)c1. The van der Waals surface area contributed by atoms with Crippen molar-refractivity contribution in [3.63, 3.8) is 0 Å². The molecule has 0 fully saturated rings. The Hall–Kier alpha value is -1.53. The standard InChI is InChI=1S/C12H10BrN3OS/c13-9-3-1-2-8(6-9)7-17-12-10(11(14)18)4-5-15-16-12/h1-6H,7H2,(H2,14,18). The van der Waals surface area contributed by atoms with Crippen molar-refractivity contribution >= 4 is 33.1 Å². The van der Waals surface area contributed by atoms with E-state index in [-0.39, 0.29) is 4.99 Å². The molecule has 0 unspecified atom stereocenters. The molecule has 92 valence electrons. The smallest absolute Gasteiger partial charge is 0.244 e. The van der Waals surface area contributed by atoms with Gasteiger partial charge in [-0.2, -0.15) is 5.10 Å². The summed E-state index contributed by atoms with van der Waals surface area (Å²) in [4.78, 5) is 0.245. The summed E-state index contributed by atoms with van der Waals surface area (Å²) >= 11 is 8.33. The van der Waals surface area contributed by atoms with Gasteiger partial charge in [-0.05, 0) is 23.8 Å².